The van der Waals surface area contributed by atoms with Crippen LogP contribution in [0.25, 0.3) is 0 Å². The topological polar surface area (TPSA) is 51.3 Å². The molecular formula is C14H17N3O2. The number of aryl methyl sites for hydroxylation is 3. The molecule has 0 aromatic carbocycles. The van der Waals surface area contributed by atoms with Crippen molar-refractivity contribution in [2.45, 2.75) is 32.9 Å². The van der Waals surface area contributed by atoms with Gasteiger partial charge in [0.25, 0.3) is 5.91 Å². The Hall–Kier alpha value is -2.04. The summed E-state index contributed by atoms with van der Waals surface area (Å²) >= 11 is 0. The molecule has 0 unspecified atom stereocenters. The SMILES string of the molecule is Cc1ccoc1CN(C)C(=O)c1cn2c(n1)CCC2. The molecule has 0 radical (unpaired) electrons. The summed E-state index contributed by atoms with van der Waals surface area (Å²) < 4.78 is 7.43. The van der Waals surface area contributed by atoms with Crippen LogP contribution in [0.5, 0.6) is 0 Å². The molecular weight excluding hydrogens is 242 g/mol. The second-order valence-electron chi connectivity index (χ2n) is 5.03. The van der Waals surface area contributed by atoms with Crippen LogP contribution in [-0.4, -0.2) is 27.4 Å². The Bertz CT molecular complexity index is 590. The first-order chi connectivity index (χ1) is 9.15. The molecule has 0 N–H and O–H groups in total. The molecule has 0 saturated heterocycles. The minimum absolute atomic E-state index is 0.0577. The third-order valence-corrected chi connectivity index (χ3v) is 3.57. The first-order valence-electron chi connectivity index (χ1n) is 6.49. The van der Waals surface area contributed by atoms with Gasteiger partial charge in [-0.25, -0.2) is 4.98 Å². The van der Waals surface area contributed by atoms with Crippen molar-refractivity contribution < 1.29 is 9.21 Å². The lowest BCUT2D eigenvalue weighted by atomic mass is 10.2. The van der Waals surface area contributed by atoms with Gasteiger partial charge < -0.3 is 13.9 Å². The Morgan fingerprint density at radius 3 is 3.11 bits per heavy atom. The number of imidazole rings is 1. The molecule has 0 bridgehead atoms. The molecule has 0 spiro atoms. The first kappa shape index (κ1) is 12.0. The molecule has 5 nitrogen and oxygen atoms in total. The van der Waals surface area contributed by atoms with Crippen LogP contribution in [0.4, 0.5) is 0 Å². The second-order valence-corrected chi connectivity index (χ2v) is 5.03. The zero-order valence-corrected chi connectivity index (χ0v) is 11.2. The predicted octanol–water partition coefficient (Wildman–Crippen LogP) is 2.00. The average molecular weight is 259 g/mol. The quantitative estimate of drug-likeness (QED) is 0.847. The lowest BCUT2D eigenvalue weighted by Crippen LogP contribution is -2.26. The van der Waals surface area contributed by atoms with E-state index in [9.17, 15) is 4.79 Å². The third kappa shape index (κ3) is 2.16. The lowest BCUT2D eigenvalue weighted by Gasteiger charge is -2.14. The highest BCUT2D eigenvalue weighted by atomic mass is 16.3. The van der Waals surface area contributed by atoms with Gasteiger partial charge in [-0.05, 0) is 25.0 Å². The fourth-order valence-corrected chi connectivity index (χ4v) is 2.41. The van der Waals surface area contributed by atoms with Crippen LogP contribution < -0.4 is 0 Å². The van der Waals surface area contributed by atoms with Crippen molar-refractivity contribution >= 4 is 5.91 Å². The van der Waals surface area contributed by atoms with Gasteiger partial charge in [-0.15, -0.1) is 0 Å². The summed E-state index contributed by atoms with van der Waals surface area (Å²) in [5.74, 6) is 1.78. The fourth-order valence-electron chi connectivity index (χ4n) is 2.41. The average Bonchev–Trinajstić information content (AvgIpc) is 3.04. The number of hydrogen-bond acceptors (Lipinski definition) is 3. The Labute approximate surface area is 111 Å². The van der Waals surface area contributed by atoms with E-state index >= 15 is 0 Å². The summed E-state index contributed by atoms with van der Waals surface area (Å²) in [5.41, 5.74) is 1.59. The number of nitrogens with zero attached hydrogens (tertiary/aromatic N) is 3. The number of fused-ring (bicyclic) bond motifs is 1. The van der Waals surface area contributed by atoms with E-state index < -0.39 is 0 Å². The zero-order valence-electron chi connectivity index (χ0n) is 11.2. The van der Waals surface area contributed by atoms with Crippen molar-refractivity contribution in [3.63, 3.8) is 0 Å². The number of aromatic nitrogens is 2. The summed E-state index contributed by atoms with van der Waals surface area (Å²) in [6, 6.07) is 1.90. The highest BCUT2D eigenvalue weighted by Crippen LogP contribution is 2.17. The highest BCUT2D eigenvalue weighted by molar-refractivity contribution is 5.92. The molecule has 1 aliphatic heterocycles. The van der Waals surface area contributed by atoms with Crippen LogP contribution in [0.15, 0.2) is 22.9 Å². The van der Waals surface area contributed by atoms with Crippen molar-refractivity contribution in [2.24, 2.45) is 0 Å². The predicted molar refractivity (Wildman–Crippen MR) is 69.8 cm³/mol. The Kier molecular flexibility index (Phi) is 2.89. The van der Waals surface area contributed by atoms with Crippen molar-refractivity contribution in [3.05, 3.63) is 41.4 Å². The van der Waals surface area contributed by atoms with E-state index in [1.807, 2.05) is 19.2 Å². The molecule has 0 atom stereocenters. The standard InChI is InChI=1S/C14H17N3O2/c1-10-5-7-19-12(10)9-16(2)14(18)11-8-17-6-3-4-13(17)15-11/h5,7-8H,3-4,6,9H2,1-2H3. The van der Waals surface area contributed by atoms with Gasteiger partial charge in [0, 0.05) is 26.2 Å². The van der Waals surface area contributed by atoms with Crippen LogP contribution in [-0.2, 0) is 19.5 Å². The van der Waals surface area contributed by atoms with E-state index in [-0.39, 0.29) is 5.91 Å². The molecule has 2 aromatic heterocycles. The van der Waals surface area contributed by atoms with Crippen molar-refractivity contribution in [1.82, 2.24) is 14.5 Å². The van der Waals surface area contributed by atoms with Crippen LogP contribution in [0, 0.1) is 6.92 Å². The summed E-state index contributed by atoms with van der Waals surface area (Å²) in [6.07, 6.45) is 5.59. The minimum atomic E-state index is -0.0577. The Morgan fingerprint density at radius 1 is 1.58 bits per heavy atom. The van der Waals surface area contributed by atoms with Crippen molar-refractivity contribution in [3.8, 4) is 0 Å². The van der Waals surface area contributed by atoms with E-state index in [0.717, 1.165) is 36.5 Å². The van der Waals surface area contributed by atoms with Crippen molar-refractivity contribution in [1.29, 1.82) is 0 Å². The molecule has 100 valence electrons. The largest absolute Gasteiger partial charge is 0.467 e. The highest BCUT2D eigenvalue weighted by Gasteiger charge is 2.21. The number of rotatable bonds is 3. The van der Waals surface area contributed by atoms with Crippen molar-refractivity contribution in [2.75, 3.05) is 7.05 Å². The maximum atomic E-state index is 12.3. The third-order valence-electron chi connectivity index (χ3n) is 3.57. The van der Waals surface area contributed by atoms with Gasteiger partial charge in [-0.3, -0.25) is 4.79 Å². The zero-order chi connectivity index (χ0) is 13.4. The molecule has 0 aliphatic carbocycles. The van der Waals surface area contributed by atoms with Gasteiger partial charge in [0.15, 0.2) is 0 Å². The summed E-state index contributed by atoms with van der Waals surface area (Å²) in [7, 11) is 1.77. The number of amides is 1. The Balaban J connectivity index is 1.74. The number of carbonyl (C=O) groups is 1. The molecule has 2 aromatic rings. The molecule has 0 fully saturated rings. The van der Waals surface area contributed by atoms with E-state index in [1.54, 1.807) is 18.2 Å². The van der Waals surface area contributed by atoms with Gasteiger partial charge >= 0.3 is 0 Å². The summed E-state index contributed by atoms with van der Waals surface area (Å²) in [5, 5.41) is 0. The van der Waals surface area contributed by atoms with E-state index in [1.165, 1.54) is 0 Å². The smallest absolute Gasteiger partial charge is 0.274 e. The molecule has 19 heavy (non-hydrogen) atoms. The fraction of sp³-hybridized carbons (Fsp3) is 0.429. The second kappa shape index (κ2) is 4.57. The van der Waals surface area contributed by atoms with Crippen LogP contribution >= 0.6 is 0 Å². The van der Waals surface area contributed by atoms with Gasteiger partial charge in [0.05, 0.1) is 12.8 Å². The molecule has 3 heterocycles. The van der Waals surface area contributed by atoms with Crippen LogP contribution in [0.2, 0.25) is 0 Å². The molecule has 5 heteroatoms. The molecule has 1 amide bonds. The monoisotopic (exact) mass is 259 g/mol. The summed E-state index contributed by atoms with van der Waals surface area (Å²) in [4.78, 5) is 18.3. The maximum Gasteiger partial charge on any atom is 0.274 e. The van der Waals surface area contributed by atoms with E-state index in [4.69, 9.17) is 4.42 Å². The Morgan fingerprint density at radius 2 is 2.42 bits per heavy atom. The molecule has 1 aliphatic rings. The van der Waals surface area contributed by atoms with Crippen LogP contribution in [0.3, 0.4) is 0 Å². The normalized spacial score (nSPS) is 13.6. The van der Waals surface area contributed by atoms with Gasteiger partial charge in [0.1, 0.15) is 17.3 Å². The minimum Gasteiger partial charge on any atom is -0.467 e. The van der Waals surface area contributed by atoms with E-state index in [0.29, 0.717) is 12.2 Å². The van der Waals surface area contributed by atoms with Gasteiger partial charge in [-0.1, -0.05) is 0 Å². The number of furan rings is 1. The first-order valence-corrected chi connectivity index (χ1v) is 6.49. The number of carbonyl (C=O) groups excluding carboxylic acids is 1. The van der Waals surface area contributed by atoms with Gasteiger partial charge in [-0.2, -0.15) is 0 Å². The van der Waals surface area contributed by atoms with Gasteiger partial charge in [0.2, 0.25) is 0 Å². The maximum absolute atomic E-state index is 12.3. The van der Waals surface area contributed by atoms with Crippen LogP contribution in [0.1, 0.15) is 34.1 Å². The molecule has 3 rings (SSSR count). The number of hydrogen-bond donors (Lipinski definition) is 0. The summed E-state index contributed by atoms with van der Waals surface area (Å²) in [6.45, 7) is 3.42. The lowest BCUT2D eigenvalue weighted by molar-refractivity contribution is 0.0769. The van der Waals surface area contributed by atoms with E-state index in [2.05, 4.69) is 9.55 Å². The molecule has 0 saturated carbocycles.